The normalized spacial score (nSPS) is 14.7. The third-order valence-corrected chi connectivity index (χ3v) is 7.64. The van der Waals surface area contributed by atoms with Crippen LogP contribution in [0.2, 0.25) is 0 Å². The molecule has 2 N–H and O–H groups in total. The van der Waals surface area contributed by atoms with Crippen molar-refractivity contribution in [3.8, 4) is 0 Å². The summed E-state index contributed by atoms with van der Waals surface area (Å²) in [5.74, 6) is -0.523. The van der Waals surface area contributed by atoms with Crippen LogP contribution in [0.15, 0.2) is 40.6 Å². The molecule has 0 saturated carbocycles. The quantitative estimate of drug-likeness (QED) is 0.576. The zero-order chi connectivity index (χ0) is 22.3. The fourth-order valence-corrected chi connectivity index (χ4v) is 5.96. The Hall–Kier alpha value is -2.47. The van der Waals surface area contributed by atoms with Crippen molar-refractivity contribution in [2.45, 2.75) is 24.2 Å². The highest BCUT2D eigenvalue weighted by Gasteiger charge is 2.31. The lowest BCUT2D eigenvalue weighted by Crippen LogP contribution is -2.36. The number of sulfonamides is 1. The summed E-state index contributed by atoms with van der Waals surface area (Å²) in [6, 6.07) is 7.97. The third kappa shape index (κ3) is 6.03. The summed E-state index contributed by atoms with van der Waals surface area (Å²) in [7, 11) is -2.22. The Balaban J connectivity index is 1.69. The zero-order valence-electron chi connectivity index (χ0n) is 17.1. The lowest BCUT2D eigenvalue weighted by molar-refractivity contribution is 0.102. The molecule has 0 bridgehead atoms. The molecule has 0 spiro atoms. The van der Waals surface area contributed by atoms with Gasteiger partial charge in [-0.1, -0.05) is 12.5 Å². The molecule has 1 aromatic heterocycles. The first-order valence-electron chi connectivity index (χ1n) is 9.83. The van der Waals surface area contributed by atoms with Crippen LogP contribution < -0.4 is 10.6 Å². The summed E-state index contributed by atoms with van der Waals surface area (Å²) < 4.78 is 37.2. The van der Waals surface area contributed by atoms with Crippen molar-refractivity contribution in [2.24, 2.45) is 0 Å². The molecule has 9 nitrogen and oxygen atoms in total. The van der Waals surface area contributed by atoms with Gasteiger partial charge in [0, 0.05) is 31.6 Å². The smallest absolute Gasteiger partial charge is 0.411 e. The van der Waals surface area contributed by atoms with E-state index in [4.69, 9.17) is 9.47 Å². The molecule has 0 unspecified atom stereocenters. The van der Waals surface area contributed by atoms with Crippen LogP contribution in [0.1, 0.15) is 28.9 Å². The summed E-state index contributed by atoms with van der Waals surface area (Å²) >= 11 is 1.07. The molecule has 1 aromatic carbocycles. The monoisotopic (exact) mass is 467 g/mol. The number of nitrogens with zero attached hydrogens (tertiary/aromatic N) is 1. The molecule has 0 aliphatic carbocycles. The number of hydrogen-bond acceptors (Lipinski definition) is 7. The summed E-state index contributed by atoms with van der Waals surface area (Å²) in [4.78, 5) is 24.7. The fraction of sp³-hybridized carbons (Fsp3) is 0.400. The van der Waals surface area contributed by atoms with Crippen LogP contribution in [0.25, 0.3) is 0 Å². The number of benzene rings is 1. The molecular weight excluding hydrogens is 442 g/mol. The first-order valence-corrected chi connectivity index (χ1v) is 12.2. The molecule has 1 aliphatic heterocycles. The van der Waals surface area contributed by atoms with E-state index in [0.29, 0.717) is 24.5 Å². The number of carbonyl (C=O) groups is 2. The van der Waals surface area contributed by atoms with Crippen molar-refractivity contribution in [3.05, 3.63) is 40.6 Å². The number of rotatable bonds is 8. The maximum atomic E-state index is 13.0. The summed E-state index contributed by atoms with van der Waals surface area (Å²) in [5.41, 5.74) is 0.835. The van der Waals surface area contributed by atoms with Gasteiger partial charge < -0.3 is 14.8 Å². The molecule has 168 valence electrons. The highest BCUT2D eigenvalue weighted by molar-refractivity contribution is 7.89. The molecule has 3 rings (SSSR count). The molecule has 11 heteroatoms. The number of carbonyl (C=O) groups excluding carboxylic acids is 2. The van der Waals surface area contributed by atoms with Crippen molar-refractivity contribution in [3.63, 3.8) is 0 Å². The number of hydrogen-bond donors (Lipinski definition) is 2. The number of amides is 2. The largest absolute Gasteiger partial charge is 0.447 e. The van der Waals surface area contributed by atoms with Gasteiger partial charge in [-0.2, -0.15) is 4.31 Å². The van der Waals surface area contributed by atoms with Gasteiger partial charge in [0.15, 0.2) is 0 Å². The molecular formula is C20H25N3O6S2. The van der Waals surface area contributed by atoms with Crippen molar-refractivity contribution in [2.75, 3.05) is 44.0 Å². The van der Waals surface area contributed by atoms with E-state index in [9.17, 15) is 18.0 Å². The van der Waals surface area contributed by atoms with E-state index in [1.165, 1.54) is 17.5 Å². The first-order chi connectivity index (χ1) is 14.9. The second kappa shape index (κ2) is 10.7. The van der Waals surface area contributed by atoms with Crippen molar-refractivity contribution >= 4 is 44.7 Å². The minimum atomic E-state index is -3.72. The Morgan fingerprint density at radius 1 is 1.06 bits per heavy atom. The molecule has 2 aromatic rings. The van der Waals surface area contributed by atoms with Crippen molar-refractivity contribution < 1.29 is 27.5 Å². The average Bonchev–Trinajstić information content (AvgIpc) is 3.26. The van der Waals surface area contributed by atoms with E-state index in [1.807, 2.05) is 0 Å². The van der Waals surface area contributed by atoms with Gasteiger partial charge in [-0.05, 0) is 42.5 Å². The minimum absolute atomic E-state index is 0.0212. The predicted octanol–water partition coefficient (Wildman–Crippen LogP) is 3.37. The second-order valence-electron chi connectivity index (χ2n) is 6.87. The van der Waals surface area contributed by atoms with Crippen LogP contribution in [0, 0.1) is 0 Å². The fourth-order valence-electron chi connectivity index (χ4n) is 3.14. The molecule has 2 heterocycles. The Labute approximate surface area is 185 Å². The highest BCUT2D eigenvalue weighted by atomic mass is 32.2. The third-order valence-electron chi connectivity index (χ3n) is 4.66. The lowest BCUT2D eigenvalue weighted by atomic mass is 10.2. The van der Waals surface area contributed by atoms with Crippen molar-refractivity contribution in [1.29, 1.82) is 0 Å². The van der Waals surface area contributed by atoms with Gasteiger partial charge >= 0.3 is 6.09 Å². The molecule has 1 fully saturated rings. The number of nitrogens with one attached hydrogen (secondary N) is 2. The van der Waals surface area contributed by atoms with Gasteiger partial charge in [0.05, 0.1) is 6.61 Å². The lowest BCUT2D eigenvalue weighted by Gasteiger charge is -2.25. The van der Waals surface area contributed by atoms with Gasteiger partial charge in [0.1, 0.15) is 16.4 Å². The molecule has 0 atom stereocenters. The average molecular weight is 468 g/mol. The van der Waals surface area contributed by atoms with E-state index >= 15 is 0 Å². The standard InChI is InChI=1S/C20H25N3O6S2/c1-28-11-12-29-20(25)22-16-7-5-6-15(14-16)21-19(24)18-17(8-13-30-18)31(26,27)23-9-3-2-4-10-23/h5-8,13-14H,2-4,9-12H2,1H3,(H,21,24)(H,22,25). The van der Waals surface area contributed by atoms with E-state index < -0.39 is 22.0 Å². The SMILES string of the molecule is COCCOC(=O)Nc1cccc(NC(=O)c2sccc2S(=O)(=O)N2CCCCC2)c1. The predicted molar refractivity (Wildman–Crippen MR) is 118 cm³/mol. The first kappa shape index (κ1) is 23.2. The van der Waals surface area contributed by atoms with Crippen LogP contribution in [0.5, 0.6) is 0 Å². The van der Waals surface area contributed by atoms with Gasteiger partial charge in [0.2, 0.25) is 10.0 Å². The second-order valence-corrected chi connectivity index (χ2v) is 9.69. The molecule has 31 heavy (non-hydrogen) atoms. The van der Waals surface area contributed by atoms with Gasteiger partial charge in [0.25, 0.3) is 5.91 Å². The summed E-state index contributed by atoms with van der Waals surface area (Å²) in [6.45, 7) is 1.33. The summed E-state index contributed by atoms with van der Waals surface area (Å²) in [6.07, 6.45) is 2.00. The van der Waals surface area contributed by atoms with E-state index in [2.05, 4.69) is 10.6 Å². The number of methoxy groups -OCH3 is 1. The van der Waals surface area contributed by atoms with E-state index in [1.54, 1.807) is 29.6 Å². The zero-order valence-corrected chi connectivity index (χ0v) is 18.8. The maximum absolute atomic E-state index is 13.0. The Morgan fingerprint density at radius 3 is 2.48 bits per heavy atom. The van der Waals surface area contributed by atoms with Gasteiger partial charge in [-0.3, -0.25) is 10.1 Å². The van der Waals surface area contributed by atoms with E-state index in [-0.39, 0.29) is 23.0 Å². The number of piperidine rings is 1. The maximum Gasteiger partial charge on any atom is 0.411 e. The number of ether oxygens (including phenoxy) is 2. The van der Waals surface area contributed by atoms with Crippen LogP contribution >= 0.6 is 11.3 Å². The van der Waals surface area contributed by atoms with Crippen LogP contribution in [0.3, 0.4) is 0 Å². The Morgan fingerprint density at radius 2 is 1.77 bits per heavy atom. The molecule has 0 radical (unpaired) electrons. The van der Waals surface area contributed by atoms with Gasteiger partial charge in [-0.25, -0.2) is 13.2 Å². The highest BCUT2D eigenvalue weighted by Crippen LogP contribution is 2.28. The number of anilines is 2. The van der Waals surface area contributed by atoms with Gasteiger partial charge in [-0.15, -0.1) is 11.3 Å². The van der Waals surface area contributed by atoms with E-state index in [0.717, 1.165) is 30.6 Å². The Kier molecular flexibility index (Phi) is 8.02. The topological polar surface area (TPSA) is 114 Å². The molecule has 1 aliphatic rings. The Bertz CT molecular complexity index is 1020. The van der Waals surface area contributed by atoms with Crippen LogP contribution in [0.4, 0.5) is 16.2 Å². The molecule has 1 saturated heterocycles. The van der Waals surface area contributed by atoms with Crippen LogP contribution in [-0.4, -0.2) is 58.1 Å². The van der Waals surface area contributed by atoms with Crippen LogP contribution in [-0.2, 0) is 19.5 Å². The van der Waals surface area contributed by atoms with Crippen molar-refractivity contribution in [1.82, 2.24) is 4.31 Å². The minimum Gasteiger partial charge on any atom is -0.447 e. The summed E-state index contributed by atoms with van der Waals surface area (Å²) in [5, 5.41) is 6.86. The molecule has 2 amide bonds. The number of thiophene rings is 1.